The molecule has 1 aromatic rings. The van der Waals surface area contributed by atoms with Crippen molar-refractivity contribution in [2.45, 2.75) is 32.7 Å². The summed E-state index contributed by atoms with van der Waals surface area (Å²) < 4.78 is 10.9. The molecule has 0 bridgehead atoms. The van der Waals surface area contributed by atoms with Crippen LogP contribution in [-0.2, 0) is 4.74 Å². The molecule has 1 rings (SSSR count). The van der Waals surface area contributed by atoms with Gasteiger partial charge in [-0.2, -0.15) is 0 Å². The lowest BCUT2D eigenvalue weighted by Gasteiger charge is -2.12. The SMILES string of the molecule is CCCCOc1ccc(C(N)COCC)cc1. The molecule has 2 N–H and O–H groups in total. The highest BCUT2D eigenvalue weighted by molar-refractivity contribution is 5.29. The fourth-order valence-electron chi connectivity index (χ4n) is 1.49. The smallest absolute Gasteiger partial charge is 0.119 e. The summed E-state index contributed by atoms with van der Waals surface area (Å²) >= 11 is 0. The summed E-state index contributed by atoms with van der Waals surface area (Å²) in [6.45, 7) is 6.16. The van der Waals surface area contributed by atoms with Crippen LogP contribution in [0.3, 0.4) is 0 Å². The summed E-state index contributed by atoms with van der Waals surface area (Å²) in [4.78, 5) is 0. The van der Waals surface area contributed by atoms with Gasteiger partial charge in [0.1, 0.15) is 5.75 Å². The predicted molar refractivity (Wildman–Crippen MR) is 70.3 cm³/mol. The summed E-state index contributed by atoms with van der Waals surface area (Å²) in [5.41, 5.74) is 7.07. The van der Waals surface area contributed by atoms with E-state index in [-0.39, 0.29) is 6.04 Å². The maximum Gasteiger partial charge on any atom is 0.119 e. The van der Waals surface area contributed by atoms with Gasteiger partial charge in [0.25, 0.3) is 0 Å². The van der Waals surface area contributed by atoms with E-state index in [1.807, 2.05) is 31.2 Å². The molecule has 1 unspecified atom stereocenters. The first-order valence-corrected chi connectivity index (χ1v) is 6.34. The maximum atomic E-state index is 5.99. The van der Waals surface area contributed by atoms with E-state index in [9.17, 15) is 0 Å². The fraction of sp³-hybridized carbons (Fsp3) is 0.571. The Kier molecular flexibility index (Phi) is 6.67. The number of rotatable bonds is 8. The molecule has 0 spiro atoms. The van der Waals surface area contributed by atoms with Gasteiger partial charge in [0.2, 0.25) is 0 Å². The van der Waals surface area contributed by atoms with E-state index < -0.39 is 0 Å². The molecule has 3 heteroatoms. The van der Waals surface area contributed by atoms with Crippen molar-refractivity contribution in [3.05, 3.63) is 29.8 Å². The Morgan fingerprint density at radius 3 is 2.47 bits per heavy atom. The third-order valence-electron chi connectivity index (χ3n) is 2.58. The van der Waals surface area contributed by atoms with E-state index in [2.05, 4.69) is 6.92 Å². The zero-order valence-corrected chi connectivity index (χ0v) is 10.8. The first-order chi connectivity index (χ1) is 8.27. The molecule has 1 aromatic carbocycles. The predicted octanol–water partition coefficient (Wildman–Crippen LogP) is 2.90. The van der Waals surface area contributed by atoms with E-state index in [0.717, 1.165) is 30.8 Å². The van der Waals surface area contributed by atoms with Crippen LogP contribution in [0.5, 0.6) is 5.75 Å². The molecular formula is C14H23NO2. The van der Waals surface area contributed by atoms with E-state index in [1.165, 1.54) is 0 Å². The molecule has 0 aliphatic heterocycles. The van der Waals surface area contributed by atoms with E-state index in [4.69, 9.17) is 15.2 Å². The molecule has 96 valence electrons. The second kappa shape index (κ2) is 8.09. The minimum absolute atomic E-state index is 0.0559. The normalized spacial score (nSPS) is 12.4. The quantitative estimate of drug-likeness (QED) is 0.707. The van der Waals surface area contributed by atoms with Crippen molar-refractivity contribution < 1.29 is 9.47 Å². The highest BCUT2D eigenvalue weighted by atomic mass is 16.5. The van der Waals surface area contributed by atoms with Crippen molar-refractivity contribution in [2.75, 3.05) is 19.8 Å². The number of benzene rings is 1. The number of unbranched alkanes of at least 4 members (excludes halogenated alkanes) is 1. The fourth-order valence-corrected chi connectivity index (χ4v) is 1.49. The minimum Gasteiger partial charge on any atom is -0.494 e. The van der Waals surface area contributed by atoms with E-state index >= 15 is 0 Å². The average Bonchev–Trinajstić information content (AvgIpc) is 2.37. The van der Waals surface area contributed by atoms with Gasteiger partial charge in [0.05, 0.1) is 19.3 Å². The molecule has 0 saturated heterocycles. The minimum atomic E-state index is -0.0559. The number of hydrogen-bond donors (Lipinski definition) is 1. The second-order valence-electron chi connectivity index (χ2n) is 4.04. The third-order valence-corrected chi connectivity index (χ3v) is 2.58. The van der Waals surface area contributed by atoms with Crippen LogP contribution in [0.2, 0.25) is 0 Å². The van der Waals surface area contributed by atoms with Crippen LogP contribution in [0.15, 0.2) is 24.3 Å². The van der Waals surface area contributed by atoms with Gasteiger partial charge in [0, 0.05) is 6.61 Å². The van der Waals surface area contributed by atoms with Gasteiger partial charge in [-0.1, -0.05) is 25.5 Å². The Hall–Kier alpha value is -1.06. The van der Waals surface area contributed by atoms with Gasteiger partial charge in [-0.3, -0.25) is 0 Å². The first-order valence-electron chi connectivity index (χ1n) is 6.34. The van der Waals surface area contributed by atoms with Crippen molar-refractivity contribution in [3.8, 4) is 5.75 Å². The molecule has 17 heavy (non-hydrogen) atoms. The summed E-state index contributed by atoms with van der Waals surface area (Å²) in [6, 6.07) is 7.89. The lowest BCUT2D eigenvalue weighted by atomic mass is 10.1. The van der Waals surface area contributed by atoms with Gasteiger partial charge >= 0.3 is 0 Å². The van der Waals surface area contributed by atoms with Crippen LogP contribution in [0.25, 0.3) is 0 Å². The zero-order chi connectivity index (χ0) is 12.5. The number of hydrogen-bond acceptors (Lipinski definition) is 3. The Morgan fingerprint density at radius 1 is 1.18 bits per heavy atom. The first kappa shape index (κ1) is 14.0. The molecule has 0 aliphatic carbocycles. The van der Waals surface area contributed by atoms with Crippen molar-refractivity contribution in [1.29, 1.82) is 0 Å². The molecule has 0 fully saturated rings. The Balaban J connectivity index is 2.43. The molecule has 0 radical (unpaired) electrons. The molecular weight excluding hydrogens is 214 g/mol. The van der Waals surface area contributed by atoms with Crippen LogP contribution in [0, 0.1) is 0 Å². The standard InChI is InChI=1S/C14H23NO2/c1-3-5-10-17-13-8-6-12(7-9-13)14(15)11-16-4-2/h6-9,14H,3-5,10-11,15H2,1-2H3. The van der Waals surface area contributed by atoms with Gasteiger partial charge in [-0.15, -0.1) is 0 Å². The Bertz CT molecular complexity index is 298. The van der Waals surface area contributed by atoms with Crippen LogP contribution in [0.4, 0.5) is 0 Å². The number of ether oxygens (including phenoxy) is 2. The summed E-state index contributed by atoms with van der Waals surface area (Å²) in [7, 11) is 0. The summed E-state index contributed by atoms with van der Waals surface area (Å²) in [6.07, 6.45) is 2.24. The van der Waals surface area contributed by atoms with Crippen molar-refractivity contribution in [1.82, 2.24) is 0 Å². The average molecular weight is 237 g/mol. The molecule has 0 saturated carbocycles. The Labute approximate surface area is 104 Å². The highest BCUT2D eigenvalue weighted by Crippen LogP contribution is 2.17. The van der Waals surface area contributed by atoms with E-state index in [0.29, 0.717) is 13.2 Å². The zero-order valence-electron chi connectivity index (χ0n) is 10.8. The van der Waals surface area contributed by atoms with Gasteiger partial charge in [0.15, 0.2) is 0 Å². The van der Waals surface area contributed by atoms with Crippen LogP contribution < -0.4 is 10.5 Å². The van der Waals surface area contributed by atoms with Crippen molar-refractivity contribution in [2.24, 2.45) is 5.73 Å². The van der Waals surface area contributed by atoms with Gasteiger partial charge < -0.3 is 15.2 Å². The topological polar surface area (TPSA) is 44.5 Å². The highest BCUT2D eigenvalue weighted by Gasteiger charge is 2.05. The molecule has 0 aliphatic rings. The van der Waals surface area contributed by atoms with Gasteiger partial charge in [-0.25, -0.2) is 0 Å². The summed E-state index contributed by atoms with van der Waals surface area (Å²) in [5.74, 6) is 0.908. The lowest BCUT2D eigenvalue weighted by Crippen LogP contribution is -2.16. The second-order valence-corrected chi connectivity index (χ2v) is 4.04. The van der Waals surface area contributed by atoms with Gasteiger partial charge in [-0.05, 0) is 31.0 Å². The van der Waals surface area contributed by atoms with Crippen LogP contribution in [-0.4, -0.2) is 19.8 Å². The summed E-state index contributed by atoms with van der Waals surface area (Å²) in [5, 5.41) is 0. The molecule has 3 nitrogen and oxygen atoms in total. The third kappa shape index (κ3) is 5.20. The maximum absolute atomic E-state index is 5.99. The monoisotopic (exact) mass is 237 g/mol. The number of nitrogens with two attached hydrogens (primary N) is 1. The molecule has 0 amide bonds. The molecule has 1 atom stereocenters. The van der Waals surface area contributed by atoms with E-state index in [1.54, 1.807) is 0 Å². The Morgan fingerprint density at radius 2 is 1.88 bits per heavy atom. The van der Waals surface area contributed by atoms with Crippen LogP contribution >= 0.6 is 0 Å². The molecule has 0 aromatic heterocycles. The molecule has 0 heterocycles. The largest absolute Gasteiger partial charge is 0.494 e. The lowest BCUT2D eigenvalue weighted by molar-refractivity contribution is 0.133. The van der Waals surface area contributed by atoms with Crippen molar-refractivity contribution >= 4 is 0 Å². The van der Waals surface area contributed by atoms with Crippen LogP contribution in [0.1, 0.15) is 38.3 Å². The van der Waals surface area contributed by atoms with Crippen molar-refractivity contribution in [3.63, 3.8) is 0 Å².